The summed E-state index contributed by atoms with van der Waals surface area (Å²) in [5.41, 5.74) is 1.68. The van der Waals surface area contributed by atoms with Crippen molar-refractivity contribution >= 4 is 17.3 Å². The lowest BCUT2D eigenvalue weighted by Crippen LogP contribution is -1.92. The number of carboxylic acid groups (broad SMARTS) is 1. The molecule has 3 heteroatoms. The van der Waals surface area contributed by atoms with Crippen LogP contribution in [-0.2, 0) is 12.8 Å². The molecule has 2 aromatic rings. The molecule has 0 aliphatic carbocycles. The predicted octanol–water partition coefficient (Wildman–Crippen LogP) is 3.23. The fourth-order valence-corrected chi connectivity index (χ4v) is 2.40. The fourth-order valence-electron chi connectivity index (χ4n) is 1.54. The van der Waals surface area contributed by atoms with Gasteiger partial charge in [0.25, 0.3) is 0 Å². The average Bonchev–Trinajstić information content (AvgIpc) is 2.76. The average molecular weight is 232 g/mol. The maximum absolute atomic E-state index is 10.7. The molecule has 0 unspecified atom stereocenters. The van der Waals surface area contributed by atoms with Gasteiger partial charge in [-0.3, -0.25) is 0 Å². The number of hydrogen-bond donors (Lipinski definition) is 1. The first-order chi connectivity index (χ1) is 7.75. The van der Waals surface area contributed by atoms with Crippen molar-refractivity contribution in [3.05, 3.63) is 57.8 Å². The minimum Gasteiger partial charge on any atom is -0.478 e. The number of thiophene rings is 1. The van der Waals surface area contributed by atoms with Crippen molar-refractivity contribution in [2.24, 2.45) is 0 Å². The predicted molar refractivity (Wildman–Crippen MR) is 65.1 cm³/mol. The van der Waals surface area contributed by atoms with Crippen molar-refractivity contribution in [3.63, 3.8) is 0 Å². The number of carbonyl (C=O) groups is 1. The van der Waals surface area contributed by atoms with E-state index in [1.807, 2.05) is 18.2 Å². The van der Waals surface area contributed by atoms with Crippen molar-refractivity contribution in [3.8, 4) is 0 Å². The second-order valence-electron chi connectivity index (χ2n) is 3.59. The van der Waals surface area contributed by atoms with E-state index in [4.69, 9.17) is 5.11 Å². The number of hydrogen-bond acceptors (Lipinski definition) is 2. The first-order valence-corrected chi connectivity index (χ1v) is 5.98. The zero-order valence-electron chi connectivity index (χ0n) is 8.72. The molecule has 1 aromatic carbocycles. The summed E-state index contributed by atoms with van der Waals surface area (Å²) in [7, 11) is 0. The Labute approximate surface area is 98.2 Å². The molecule has 82 valence electrons. The minimum absolute atomic E-state index is 0.396. The van der Waals surface area contributed by atoms with Gasteiger partial charge in [-0.2, -0.15) is 0 Å². The molecule has 1 heterocycles. The van der Waals surface area contributed by atoms with Crippen molar-refractivity contribution in [2.45, 2.75) is 12.8 Å². The van der Waals surface area contributed by atoms with Gasteiger partial charge in [0.05, 0.1) is 5.56 Å². The third-order valence-corrected chi connectivity index (χ3v) is 3.40. The van der Waals surface area contributed by atoms with Gasteiger partial charge in [-0.1, -0.05) is 30.3 Å². The normalized spacial score (nSPS) is 10.2. The van der Waals surface area contributed by atoms with E-state index < -0.39 is 5.97 Å². The molecule has 0 radical (unpaired) electrons. The molecule has 0 bridgehead atoms. The Balaban J connectivity index is 1.97. The van der Waals surface area contributed by atoms with Gasteiger partial charge in [0, 0.05) is 10.3 Å². The molecule has 0 saturated heterocycles. The summed E-state index contributed by atoms with van der Waals surface area (Å²) in [6.07, 6.45) is 1.86. The highest BCUT2D eigenvalue weighted by atomic mass is 32.1. The van der Waals surface area contributed by atoms with E-state index in [0.29, 0.717) is 5.56 Å². The van der Waals surface area contributed by atoms with Crippen LogP contribution < -0.4 is 0 Å². The van der Waals surface area contributed by atoms with Crippen LogP contribution in [-0.4, -0.2) is 11.1 Å². The number of rotatable bonds is 4. The largest absolute Gasteiger partial charge is 0.478 e. The van der Waals surface area contributed by atoms with Crippen LogP contribution in [0.1, 0.15) is 20.8 Å². The first-order valence-electron chi connectivity index (χ1n) is 5.10. The molecule has 0 fully saturated rings. The molecule has 1 N–H and O–H groups in total. The Hall–Kier alpha value is -1.61. The Kier molecular flexibility index (Phi) is 3.37. The molecule has 16 heavy (non-hydrogen) atoms. The Morgan fingerprint density at radius 2 is 1.94 bits per heavy atom. The molecule has 0 saturated carbocycles. The highest BCUT2D eigenvalue weighted by molar-refractivity contribution is 7.10. The number of aryl methyl sites for hydroxylation is 2. The molecule has 0 aliphatic heterocycles. The van der Waals surface area contributed by atoms with Gasteiger partial charge < -0.3 is 5.11 Å². The lowest BCUT2D eigenvalue weighted by atomic mass is 10.1. The zero-order valence-corrected chi connectivity index (χ0v) is 9.54. The maximum atomic E-state index is 10.7. The van der Waals surface area contributed by atoms with Crippen LogP contribution in [0.2, 0.25) is 0 Å². The lowest BCUT2D eigenvalue weighted by Gasteiger charge is -1.98. The summed E-state index contributed by atoms with van der Waals surface area (Å²) in [5, 5.41) is 10.5. The standard InChI is InChI=1S/C13H12O2S/c14-13(15)11-8-12(16-9-11)7-6-10-4-2-1-3-5-10/h1-5,8-9H,6-7H2,(H,14,15). The SMILES string of the molecule is O=C(O)c1csc(CCc2ccccc2)c1. The van der Waals surface area contributed by atoms with Crippen molar-refractivity contribution in [1.29, 1.82) is 0 Å². The van der Waals surface area contributed by atoms with Crippen LogP contribution in [0.15, 0.2) is 41.8 Å². The number of benzene rings is 1. The lowest BCUT2D eigenvalue weighted by molar-refractivity contribution is 0.0697. The summed E-state index contributed by atoms with van der Waals surface area (Å²) in [6.45, 7) is 0. The molecule has 1 aromatic heterocycles. The van der Waals surface area contributed by atoms with Gasteiger partial charge in [-0.05, 0) is 24.5 Å². The summed E-state index contributed by atoms with van der Waals surface area (Å²) in [6, 6.07) is 12.0. The van der Waals surface area contributed by atoms with E-state index in [1.165, 1.54) is 16.9 Å². The smallest absolute Gasteiger partial charge is 0.336 e. The highest BCUT2D eigenvalue weighted by Crippen LogP contribution is 2.17. The summed E-state index contributed by atoms with van der Waals surface area (Å²) >= 11 is 1.52. The quantitative estimate of drug-likeness (QED) is 0.878. The van der Waals surface area contributed by atoms with E-state index >= 15 is 0 Å². The van der Waals surface area contributed by atoms with Gasteiger partial charge in [-0.25, -0.2) is 4.79 Å². The van der Waals surface area contributed by atoms with Crippen LogP contribution in [0.4, 0.5) is 0 Å². The molecular formula is C13H12O2S. The van der Waals surface area contributed by atoms with Gasteiger partial charge in [-0.15, -0.1) is 11.3 Å². The van der Waals surface area contributed by atoms with E-state index in [2.05, 4.69) is 12.1 Å². The second kappa shape index (κ2) is 4.94. The molecule has 0 atom stereocenters. The Morgan fingerprint density at radius 1 is 1.19 bits per heavy atom. The van der Waals surface area contributed by atoms with E-state index in [-0.39, 0.29) is 0 Å². The first kappa shape index (κ1) is 10.9. The fraction of sp³-hybridized carbons (Fsp3) is 0.154. The van der Waals surface area contributed by atoms with Crippen LogP contribution in [0, 0.1) is 0 Å². The van der Waals surface area contributed by atoms with Crippen LogP contribution in [0.25, 0.3) is 0 Å². The minimum atomic E-state index is -0.845. The Morgan fingerprint density at radius 3 is 2.56 bits per heavy atom. The summed E-state index contributed by atoms with van der Waals surface area (Å²) in [5.74, 6) is -0.845. The molecular weight excluding hydrogens is 220 g/mol. The molecule has 0 aliphatic rings. The summed E-state index contributed by atoms with van der Waals surface area (Å²) in [4.78, 5) is 11.8. The molecule has 0 amide bonds. The highest BCUT2D eigenvalue weighted by Gasteiger charge is 2.06. The summed E-state index contributed by atoms with van der Waals surface area (Å²) < 4.78 is 0. The second-order valence-corrected chi connectivity index (χ2v) is 4.59. The molecule has 0 spiro atoms. The van der Waals surface area contributed by atoms with Crippen molar-refractivity contribution < 1.29 is 9.90 Å². The maximum Gasteiger partial charge on any atom is 0.336 e. The van der Waals surface area contributed by atoms with Crippen LogP contribution >= 0.6 is 11.3 Å². The van der Waals surface area contributed by atoms with E-state index in [1.54, 1.807) is 11.4 Å². The topological polar surface area (TPSA) is 37.3 Å². The van der Waals surface area contributed by atoms with Gasteiger partial charge >= 0.3 is 5.97 Å². The Bertz CT molecular complexity index is 474. The number of carboxylic acids is 1. The van der Waals surface area contributed by atoms with Crippen LogP contribution in [0.3, 0.4) is 0 Å². The van der Waals surface area contributed by atoms with E-state index in [9.17, 15) is 4.79 Å². The zero-order chi connectivity index (χ0) is 11.4. The van der Waals surface area contributed by atoms with Gasteiger partial charge in [0.2, 0.25) is 0 Å². The molecule has 2 nitrogen and oxygen atoms in total. The van der Waals surface area contributed by atoms with Crippen LogP contribution in [0.5, 0.6) is 0 Å². The third kappa shape index (κ3) is 2.70. The monoisotopic (exact) mass is 232 g/mol. The van der Waals surface area contributed by atoms with Gasteiger partial charge in [0.15, 0.2) is 0 Å². The van der Waals surface area contributed by atoms with Crippen molar-refractivity contribution in [2.75, 3.05) is 0 Å². The third-order valence-electron chi connectivity index (χ3n) is 2.40. The van der Waals surface area contributed by atoms with Gasteiger partial charge in [0.1, 0.15) is 0 Å². The van der Waals surface area contributed by atoms with Crippen molar-refractivity contribution in [1.82, 2.24) is 0 Å². The number of aromatic carboxylic acids is 1. The van der Waals surface area contributed by atoms with E-state index in [0.717, 1.165) is 17.7 Å². The molecule has 2 rings (SSSR count).